The molecule has 1 aliphatic rings. The van der Waals surface area contributed by atoms with Gasteiger partial charge < -0.3 is 9.88 Å². The summed E-state index contributed by atoms with van der Waals surface area (Å²) in [4.78, 5) is 30.8. The standard InChI is InChI=1S/C20H20N6O3S3/c21-32(28,29)13-3-4-17(22-10-13)26-7-5-25(6-8-26)11-16-23-19(27)18-14(12-31-20(18)24-16)15-2-1-9-30-15/h1-4,9-10,12H,5-8,11H2,(H2,21,28,29)(H,23,24,27). The number of aromatic amines is 1. The van der Waals surface area contributed by atoms with Crippen LogP contribution in [0.25, 0.3) is 20.7 Å². The van der Waals surface area contributed by atoms with Crippen molar-refractivity contribution in [1.82, 2.24) is 19.9 Å². The van der Waals surface area contributed by atoms with Crippen LogP contribution in [-0.2, 0) is 16.6 Å². The molecule has 5 rings (SSSR count). The van der Waals surface area contributed by atoms with Gasteiger partial charge in [0, 0.05) is 48.2 Å². The normalized spacial score (nSPS) is 15.5. The number of sulfonamides is 1. The summed E-state index contributed by atoms with van der Waals surface area (Å²) >= 11 is 3.10. The Balaban J connectivity index is 1.27. The maximum absolute atomic E-state index is 12.8. The molecule has 1 saturated heterocycles. The molecule has 0 amide bonds. The van der Waals surface area contributed by atoms with Gasteiger partial charge in [-0.25, -0.2) is 23.5 Å². The molecule has 9 nitrogen and oxygen atoms in total. The van der Waals surface area contributed by atoms with Crippen molar-refractivity contribution in [2.45, 2.75) is 11.4 Å². The summed E-state index contributed by atoms with van der Waals surface area (Å²) in [5, 5.41) is 9.78. The van der Waals surface area contributed by atoms with Crippen molar-refractivity contribution in [3.63, 3.8) is 0 Å². The highest BCUT2D eigenvalue weighted by Gasteiger charge is 2.20. The van der Waals surface area contributed by atoms with E-state index in [0.717, 1.165) is 41.5 Å². The Hall–Kier alpha value is -2.64. The van der Waals surface area contributed by atoms with E-state index < -0.39 is 10.0 Å². The third-order valence-electron chi connectivity index (χ3n) is 5.40. The molecule has 0 bridgehead atoms. The van der Waals surface area contributed by atoms with E-state index in [9.17, 15) is 13.2 Å². The van der Waals surface area contributed by atoms with Crippen LogP contribution in [-0.4, -0.2) is 54.4 Å². The average molecular weight is 489 g/mol. The van der Waals surface area contributed by atoms with Crippen molar-refractivity contribution >= 4 is 48.7 Å². The zero-order chi connectivity index (χ0) is 22.3. The Morgan fingerprint density at radius 1 is 1.12 bits per heavy atom. The quantitative estimate of drug-likeness (QED) is 0.440. The molecule has 0 aromatic carbocycles. The van der Waals surface area contributed by atoms with Crippen molar-refractivity contribution in [3.8, 4) is 10.4 Å². The van der Waals surface area contributed by atoms with Crippen molar-refractivity contribution in [3.05, 3.63) is 57.4 Å². The molecule has 166 valence electrons. The van der Waals surface area contributed by atoms with E-state index in [1.807, 2.05) is 22.9 Å². The number of pyridine rings is 1. The molecule has 0 radical (unpaired) electrons. The summed E-state index contributed by atoms with van der Waals surface area (Å²) in [6.07, 6.45) is 1.28. The number of thiophene rings is 2. The number of fused-ring (bicyclic) bond motifs is 1. The number of H-pyrrole nitrogens is 1. The number of nitrogens with zero attached hydrogens (tertiary/aromatic N) is 4. The minimum Gasteiger partial charge on any atom is -0.354 e. The number of hydrogen-bond acceptors (Lipinski definition) is 9. The first-order valence-electron chi connectivity index (χ1n) is 9.89. The molecule has 12 heteroatoms. The first-order valence-corrected chi connectivity index (χ1v) is 13.2. The van der Waals surface area contributed by atoms with Crippen LogP contribution in [0.15, 0.2) is 50.9 Å². The lowest BCUT2D eigenvalue weighted by atomic mass is 10.2. The van der Waals surface area contributed by atoms with Crippen LogP contribution < -0.4 is 15.6 Å². The van der Waals surface area contributed by atoms with Crippen LogP contribution in [0.1, 0.15) is 5.82 Å². The molecular weight excluding hydrogens is 468 g/mol. The van der Waals surface area contributed by atoms with Crippen LogP contribution >= 0.6 is 22.7 Å². The van der Waals surface area contributed by atoms with Crippen molar-refractivity contribution in [2.75, 3.05) is 31.1 Å². The molecule has 5 heterocycles. The zero-order valence-electron chi connectivity index (χ0n) is 16.9. The topological polar surface area (TPSA) is 125 Å². The summed E-state index contributed by atoms with van der Waals surface area (Å²) in [5.74, 6) is 1.37. The molecule has 1 aliphatic heterocycles. The molecule has 3 N–H and O–H groups in total. The van der Waals surface area contributed by atoms with E-state index in [2.05, 4.69) is 19.8 Å². The van der Waals surface area contributed by atoms with Crippen molar-refractivity contribution in [2.24, 2.45) is 5.14 Å². The number of anilines is 1. The molecule has 4 aromatic rings. The second-order valence-electron chi connectivity index (χ2n) is 7.48. The van der Waals surface area contributed by atoms with E-state index in [0.29, 0.717) is 23.6 Å². The fraction of sp³-hybridized carbons (Fsp3) is 0.250. The Labute approximate surface area is 192 Å². The van der Waals surface area contributed by atoms with E-state index in [1.165, 1.54) is 23.6 Å². The molecule has 4 aromatic heterocycles. The van der Waals surface area contributed by atoms with Gasteiger partial charge in [-0.1, -0.05) is 6.07 Å². The number of aromatic nitrogens is 3. The fourth-order valence-electron chi connectivity index (χ4n) is 3.76. The van der Waals surface area contributed by atoms with Gasteiger partial charge >= 0.3 is 0 Å². The average Bonchev–Trinajstić information content (AvgIpc) is 3.44. The van der Waals surface area contributed by atoms with Gasteiger partial charge in [0.15, 0.2) is 0 Å². The van der Waals surface area contributed by atoms with Crippen LogP contribution in [0, 0.1) is 0 Å². The van der Waals surface area contributed by atoms with Gasteiger partial charge in [0.05, 0.1) is 11.9 Å². The van der Waals surface area contributed by atoms with Gasteiger partial charge in [0.1, 0.15) is 21.4 Å². The molecule has 0 saturated carbocycles. The highest BCUT2D eigenvalue weighted by atomic mass is 32.2. The van der Waals surface area contributed by atoms with E-state index >= 15 is 0 Å². The van der Waals surface area contributed by atoms with Crippen molar-refractivity contribution in [1.29, 1.82) is 0 Å². The lowest BCUT2D eigenvalue weighted by molar-refractivity contribution is 0.243. The highest BCUT2D eigenvalue weighted by Crippen LogP contribution is 2.33. The fourth-order valence-corrected chi connectivity index (χ4v) is 5.99. The maximum atomic E-state index is 12.8. The van der Waals surface area contributed by atoms with Crippen LogP contribution in [0.5, 0.6) is 0 Å². The Morgan fingerprint density at radius 2 is 1.94 bits per heavy atom. The minimum absolute atomic E-state index is 0.00104. The molecular formula is C20H20N6O3S3. The second kappa shape index (κ2) is 8.37. The SMILES string of the molecule is NS(=O)(=O)c1ccc(N2CCN(Cc3nc4scc(-c5cccs5)c4c(=O)[nH]3)CC2)nc1. The van der Waals surface area contributed by atoms with Gasteiger partial charge in [-0.2, -0.15) is 0 Å². The molecule has 0 unspecified atom stereocenters. The predicted octanol–water partition coefficient (Wildman–Crippen LogP) is 2.08. The zero-order valence-corrected chi connectivity index (χ0v) is 19.3. The number of nitrogens with two attached hydrogens (primary N) is 1. The second-order valence-corrected chi connectivity index (χ2v) is 10.8. The van der Waals surface area contributed by atoms with E-state index in [1.54, 1.807) is 17.4 Å². The van der Waals surface area contributed by atoms with Crippen LogP contribution in [0.3, 0.4) is 0 Å². The van der Waals surface area contributed by atoms with Crippen LogP contribution in [0.2, 0.25) is 0 Å². The van der Waals surface area contributed by atoms with E-state index in [4.69, 9.17) is 10.1 Å². The number of piperazine rings is 1. The molecule has 0 atom stereocenters. The summed E-state index contributed by atoms with van der Waals surface area (Å²) in [7, 11) is -3.75. The van der Waals surface area contributed by atoms with Gasteiger partial charge in [0.2, 0.25) is 10.0 Å². The van der Waals surface area contributed by atoms with Crippen LogP contribution in [0.4, 0.5) is 5.82 Å². The number of nitrogens with one attached hydrogen (secondary N) is 1. The Morgan fingerprint density at radius 3 is 2.59 bits per heavy atom. The Kier molecular flexibility index (Phi) is 5.55. The third-order valence-corrected chi connectivity index (χ3v) is 8.07. The Bertz CT molecular complexity index is 1400. The smallest absolute Gasteiger partial charge is 0.260 e. The third kappa shape index (κ3) is 4.19. The first-order chi connectivity index (χ1) is 15.4. The summed E-state index contributed by atoms with van der Waals surface area (Å²) in [6, 6.07) is 7.13. The predicted molar refractivity (Wildman–Crippen MR) is 127 cm³/mol. The molecule has 0 spiro atoms. The number of rotatable bonds is 5. The van der Waals surface area contributed by atoms with Gasteiger partial charge in [-0.3, -0.25) is 9.69 Å². The first kappa shape index (κ1) is 21.2. The van der Waals surface area contributed by atoms with E-state index in [-0.39, 0.29) is 10.5 Å². The summed E-state index contributed by atoms with van der Waals surface area (Å²) in [6.45, 7) is 3.56. The molecule has 0 aliphatic carbocycles. The lowest BCUT2D eigenvalue weighted by Crippen LogP contribution is -2.46. The maximum Gasteiger partial charge on any atom is 0.260 e. The van der Waals surface area contributed by atoms with Gasteiger partial charge in [0.25, 0.3) is 5.56 Å². The van der Waals surface area contributed by atoms with Gasteiger partial charge in [-0.15, -0.1) is 22.7 Å². The molecule has 32 heavy (non-hydrogen) atoms. The number of hydrogen-bond donors (Lipinski definition) is 2. The highest BCUT2D eigenvalue weighted by molar-refractivity contribution is 7.89. The lowest BCUT2D eigenvalue weighted by Gasteiger charge is -2.35. The van der Waals surface area contributed by atoms with Crippen molar-refractivity contribution < 1.29 is 8.42 Å². The number of primary sulfonamides is 1. The monoisotopic (exact) mass is 488 g/mol. The van der Waals surface area contributed by atoms with Gasteiger partial charge in [-0.05, 0) is 23.6 Å². The summed E-state index contributed by atoms with van der Waals surface area (Å²) < 4.78 is 22.8. The summed E-state index contributed by atoms with van der Waals surface area (Å²) in [5.41, 5.74) is 0.835. The molecule has 1 fully saturated rings. The minimum atomic E-state index is -3.75. The largest absolute Gasteiger partial charge is 0.354 e.